The zero-order valence-electron chi connectivity index (χ0n) is 11.1. The average molecular weight is 259 g/mol. The maximum Gasteiger partial charge on any atom is 0.255 e. The molecule has 0 aliphatic rings. The van der Waals surface area contributed by atoms with Crippen LogP contribution in [0.25, 0.3) is 0 Å². The zero-order chi connectivity index (χ0) is 13.7. The van der Waals surface area contributed by atoms with Crippen molar-refractivity contribution < 1.29 is 9.53 Å². The maximum atomic E-state index is 12.1. The summed E-state index contributed by atoms with van der Waals surface area (Å²) < 4.78 is 7.17. The highest BCUT2D eigenvalue weighted by Crippen LogP contribution is 2.17. The number of hydrogen-bond donors (Lipinski definition) is 1. The number of nitrogens with one attached hydrogen (secondary N) is 1. The van der Waals surface area contributed by atoms with E-state index in [1.54, 1.807) is 23.0 Å². The Kier molecular flexibility index (Phi) is 4.18. The Bertz CT molecular complexity index is 563. The number of aromatic nitrogens is 2. The minimum atomic E-state index is -0.148. The minimum absolute atomic E-state index is 0.148. The third-order valence-corrected chi connectivity index (χ3v) is 2.78. The molecule has 0 bridgehead atoms. The van der Waals surface area contributed by atoms with Crippen LogP contribution in [0.3, 0.4) is 0 Å². The Hall–Kier alpha value is -2.30. The van der Waals surface area contributed by atoms with E-state index in [9.17, 15) is 4.79 Å². The number of hydrogen-bond acceptors (Lipinski definition) is 3. The Morgan fingerprint density at radius 2 is 2.16 bits per heavy atom. The number of amides is 1. The van der Waals surface area contributed by atoms with Crippen molar-refractivity contribution in [3.05, 3.63) is 47.8 Å². The lowest BCUT2D eigenvalue weighted by Gasteiger charge is -2.10. The summed E-state index contributed by atoms with van der Waals surface area (Å²) in [5, 5.41) is 6.92. The number of rotatable bonds is 5. The Morgan fingerprint density at radius 1 is 1.37 bits per heavy atom. The number of carbonyl (C=O) groups is 1. The Balaban J connectivity index is 2.06. The van der Waals surface area contributed by atoms with E-state index in [1.807, 2.05) is 32.2 Å². The highest BCUT2D eigenvalue weighted by atomic mass is 16.5. The maximum absolute atomic E-state index is 12.1. The predicted octanol–water partition coefficient (Wildman–Crippen LogP) is 1.75. The molecule has 0 radical (unpaired) electrons. The van der Waals surface area contributed by atoms with Crippen molar-refractivity contribution in [2.75, 3.05) is 6.61 Å². The van der Waals surface area contributed by atoms with Gasteiger partial charge >= 0.3 is 0 Å². The second-order valence-corrected chi connectivity index (χ2v) is 4.06. The molecule has 100 valence electrons. The smallest absolute Gasteiger partial charge is 0.255 e. The van der Waals surface area contributed by atoms with Gasteiger partial charge in [0.2, 0.25) is 0 Å². The first kappa shape index (κ1) is 13.1. The molecule has 19 heavy (non-hydrogen) atoms. The van der Waals surface area contributed by atoms with Gasteiger partial charge in [0.05, 0.1) is 24.4 Å². The molecule has 5 nitrogen and oxygen atoms in total. The number of nitrogens with zero attached hydrogens (tertiary/aromatic N) is 2. The van der Waals surface area contributed by atoms with Crippen molar-refractivity contribution in [2.45, 2.75) is 13.5 Å². The van der Waals surface area contributed by atoms with Crippen molar-refractivity contribution in [3.8, 4) is 5.75 Å². The van der Waals surface area contributed by atoms with Gasteiger partial charge in [-0.05, 0) is 25.1 Å². The van der Waals surface area contributed by atoms with Crippen LogP contribution >= 0.6 is 0 Å². The van der Waals surface area contributed by atoms with Crippen LogP contribution in [0.2, 0.25) is 0 Å². The van der Waals surface area contributed by atoms with Crippen molar-refractivity contribution in [2.24, 2.45) is 7.05 Å². The van der Waals surface area contributed by atoms with E-state index in [0.29, 0.717) is 24.5 Å². The van der Waals surface area contributed by atoms with Gasteiger partial charge in [-0.25, -0.2) is 0 Å². The molecule has 1 heterocycles. The molecule has 1 aromatic heterocycles. The van der Waals surface area contributed by atoms with Crippen LogP contribution in [0.15, 0.2) is 36.5 Å². The number of para-hydroxylation sites is 1. The summed E-state index contributed by atoms with van der Waals surface area (Å²) in [5.41, 5.74) is 1.49. The summed E-state index contributed by atoms with van der Waals surface area (Å²) in [6.45, 7) is 2.87. The monoisotopic (exact) mass is 259 g/mol. The van der Waals surface area contributed by atoms with Crippen molar-refractivity contribution >= 4 is 5.91 Å². The van der Waals surface area contributed by atoms with Gasteiger partial charge in [0.25, 0.3) is 5.91 Å². The zero-order valence-corrected chi connectivity index (χ0v) is 11.1. The van der Waals surface area contributed by atoms with Crippen LogP contribution in [-0.2, 0) is 13.6 Å². The van der Waals surface area contributed by atoms with Crippen LogP contribution < -0.4 is 10.1 Å². The minimum Gasteiger partial charge on any atom is -0.493 e. The lowest BCUT2D eigenvalue weighted by molar-refractivity contribution is 0.0946. The topological polar surface area (TPSA) is 56.1 Å². The fourth-order valence-electron chi connectivity index (χ4n) is 1.78. The first-order valence-electron chi connectivity index (χ1n) is 6.19. The SMILES string of the molecule is CCOc1ccccc1C(=O)NCc1ccnn1C. The molecule has 1 N–H and O–H groups in total. The molecule has 0 aliphatic heterocycles. The fourth-order valence-corrected chi connectivity index (χ4v) is 1.78. The molecule has 2 rings (SSSR count). The molecule has 0 unspecified atom stereocenters. The van der Waals surface area contributed by atoms with Crippen LogP contribution in [-0.4, -0.2) is 22.3 Å². The van der Waals surface area contributed by atoms with Gasteiger partial charge in [-0.3, -0.25) is 9.48 Å². The molecule has 0 aliphatic carbocycles. The van der Waals surface area contributed by atoms with Gasteiger partial charge in [-0.2, -0.15) is 5.10 Å². The number of aryl methyl sites for hydroxylation is 1. The van der Waals surface area contributed by atoms with E-state index in [1.165, 1.54) is 0 Å². The summed E-state index contributed by atoms with van der Waals surface area (Å²) in [7, 11) is 1.84. The molecular formula is C14H17N3O2. The summed E-state index contributed by atoms with van der Waals surface area (Å²) >= 11 is 0. The Labute approximate surface area is 112 Å². The largest absolute Gasteiger partial charge is 0.493 e. The molecule has 0 saturated carbocycles. The molecule has 0 atom stereocenters. The first-order valence-corrected chi connectivity index (χ1v) is 6.19. The molecule has 5 heteroatoms. The Morgan fingerprint density at radius 3 is 2.84 bits per heavy atom. The third-order valence-electron chi connectivity index (χ3n) is 2.78. The van der Waals surface area contributed by atoms with Crippen LogP contribution in [0.1, 0.15) is 23.0 Å². The predicted molar refractivity (Wildman–Crippen MR) is 72.0 cm³/mol. The highest BCUT2D eigenvalue weighted by molar-refractivity contribution is 5.96. The third kappa shape index (κ3) is 3.13. The standard InChI is InChI=1S/C14H17N3O2/c1-3-19-13-7-5-4-6-12(13)14(18)15-10-11-8-9-16-17(11)2/h4-9H,3,10H2,1-2H3,(H,15,18). The van der Waals surface area contributed by atoms with E-state index in [0.717, 1.165) is 5.69 Å². The summed E-state index contributed by atoms with van der Waals surface area (Å²) in [6, 6.07) is 9.09. The summed E-state index contributed by atoms with van der Waals surface area (Å²) in [4.78, 5) is 12.1. The lowest BCUT2D eigenvalue weighted by atomic mass is 10.2. The highest BCUT2D eigenvalue weighted by Gasteiger charge is 2.11. The second-order valence-electron chi connectivity index (χ2n) is 4.06. The lowest BCUT2D eigenvalue weighted by Crippen LogP contribution is -2.24. The van der Waals surface area contributed by atoms with Gasteiger partial charge in [-0.1, -0.05) is 12.1 Å². The van der Waals surface area contributed by atoms with Gasteiger partial charge in [0, 0.05) is 13.2 Å². The molecule has 1 aromatic carbocycles. The first-order chi connectivity index (χ1) is 9.22. The number of ether oxygens (including phenoxy) is 1. The molecule has 0 saturated heterocycles. The van der Waals surface area contributed by atoms with Gasteiger partial charge in [0.1, 0.15) is 5.75 Å². The van der Waals surface area contributed by atoms with E-state index in [4.69, 9.17) is 4.74 Å². The summed E-state index contributed by atoms with van der Waals surface area (Å²) in [6.07, 6.45) is 1.70. The molecular weight excluding hydrogens is 242 g/mol. The van der Waals surface area contributed by atoms with Crippen LogP contribution in [0.4, 0.5) is 0 Å². The van der Waals surface area contributed by atoms with Crippen molar-refractivity contribution in [1.82, 2.24) is 15.1 Å². The van der Waals surface area contributed by atoms with Crippen molar-refractivity contribution in [1.29, 1.82) is 0 Å². The van der Waals surface area contributed by atoms with Gasteiger partial charge < -0.3 is 10.1 Å². The second kappa shape index (κ2) is 6.04. The quantitative estimate of drug-likeness (QED) is 0.890. The van der Waals surface area contributed by atoms with Crippen molar-refractivity contribution in [3.63, 3.8) is 0 Å². The summed E-state index contributed by atoms with van der Waals surface area (Å²) in [5.74, 6) is 0.456. The molecule has 0 spiro atoms. The van der Waals surface area contributed by atoms with Crippen LogP contribution in [0.5, 0.6) is 5.75 Å². The van der Waals surface area contributed by atoms with Gasteiger partial charge in [-0.15, -0.1) is 0 Å². The molecule has 1 amide bonds. The fraction of sp³-hybridized carbons (Fsp3) is 0.286. The van der Waals surface area contributed by atoms with Gasteiger partial charge in [0.15, 0.2) is 0 Å². The van der Waals surface area contributed by atoms with Crippen LogP contribution in [0, 0.1) is 0 Å². The number of benzene rings is 1. The van der Waals surface area contributed by atoms with E-state index in [-0.39, 0.29) is 5.91 Å². The van der Waals surface area contributed by atoms with E-state index >= 15 is 0 Å². The molecule has 2 aromatic rings. The normalized spacial score (nSPS) is 10.2. The van der Waals surface area contributed by atoms with E-state index < -0.39 is 0 Å². The number of carbonyl (C=O) groups excluding carboxylic acids is 1. The average Bonchev–Trinajstić information content (AvgIpc) is 2.82. The molecule has 0 fully saturated rings. The van der Waals surface area contributed by atoms with E-state index in [2.05, 4.69) is 10.4 Å².